The fourth-order valence-corrected chi connectivity index (χ4v) is 2.42. The van der Waals surface area contributed by atoms with Crippen molar-refractivity contribution >= 4 is 23.3 Å². The Labute approximate surface area is 145 Å². The maximum Gasteiger partial charge on any atom is 0.360 e. The van der Waals surface area contributed by atoms with E-state index in [1.54, 1.807) is 18.2 Å². The number of methoxy groups -OCH3 is 1. The fourth-order valence-electron chi connectivity index (χ4n) is 2.19. The van der Waals surface area contributed by atoms with E-state index in [2.05, 4.69) is 5.16 Å². The summed E-state index contributed by atoms with van der Waals surface area (Å²) in [6, 6.07) is 12.7. The van der Waals surface area contributed by atoms with Gasteiger partial charge in [-0.25, -0.2) is 4.79 Å². The van der Waals surface area contributed by atoms with Crippen LogP contribution in [-0.2, 0) is 21.0 Å². The Balaban J connectivity index is 2.28. The molecule has 0 unspecified atom stereocenters. The predicted molar refractivity (Wildman–Crippen MR) is 92.5 cm³/mol. The number of carbonyl (C=O) groups excluding carboxylic acids is 1. The number of hydrogen-bond donors (Lipinski definition) is 0. The first-order valence-electron chi connectivity index (χ1n) is 7.23. The maximum atomic E-state index is 11.9. The number of esters is 1. The van der Waals surface area contributed by atoms with E-state index in [1.807, 2.05) is 31.2 Å². The summed E-state index contributed by atoms with van der Waals surface area (Å²) in [4.78, 5) is 16.7. The van der Waals surface area contributed by atoms with Crippen molar-refractivity contribution < 1.29 is 19.1 Å². The largest absolute Gasteiger partial charge is 0.489 e. The molecule has 0 amide bonds. The van der Waals surface area contributed by atoms with Crippen molar-refractivity contribution in [3.8, 4) is 5.75 Å². The molecule has 2 rings (SSSR count). The summed E-state index contributed by atoms with van der Waals surface area (Å²) in [6.07, 6.45) is 0. The Kier molecular flexibility index (Phi) is 6.21. The Morgan fingerprint density at radius 2 is 1.92 bits per heavy atom. The first kappa shape index (κ1) is 17.8. The van der Waals surface area contributed by atoms with Crippen molar-refractivity contribution in [1.82, 2.24) is 0 Å². The monoisotopic (exact) mass is 347 g/mol. The molecule has 0 fully saturated rings. The molecule has 0 bridgehead atoms. The van der Waals surface area contributed by atoms with Gasteiger partial charge in [0.2, 0.25) is 0 Å². The average Bonchev–Trinajstić information content (AvgIpc) is 2.59. The molecule has 6 heteroatoms. The van der Waals surface area contributed by atoms with E-state index in [0.29, 0.717) is 10.6 Å². The number of rotatable bonds is 6. The van der Waals surface area contributed by atoms with Crippen LogP contribution >= 0.6 is 11.6 Å². The summed E-state index contributed by atoms with van der Waals surface area (Å²) >= 11 is 5.95. The second-order valence-corrected chi connectivity index (χ2v) is 5.41. The van der Waals surface area contributed by atoms with Gasteiger partial charge in [0.25, 0.3) is 0 Å². The highest BCUT2D eigenvalue weighted by molar-refractivity contribution is 6.43. The number of oxime groups is 1. The SMILES string of the molecule is CON=C(C(=O)OC)c1ccccc1COc1ccc(Cl)cc1C. The van der Waals surface area contributed by atoms with Crippen molar-refractivity contribution in [2.75, 3.05) is 14.2 Å². The van der Waals surface area contributed by atoms with Crippen LogP contribution in [-0.4, -0.2) is 25.9 Å². The smallest absolute Gasteiger partial charge is 0.360 e. The standard InChI is InChI=1S/C18H18ClNO4/c1-12-10-14(19)8-9-16(12)24-11-13-6-4-5-7-15(13)17(20-23-3)18(21)22-2/h4-10H,11H2,1-3H3. The molecule has 0 N–H and O–H groups in total. The van der Waals surface area contributed by atoms with Crippen LogP contribution in [0.25, 0.3) is 0 Å². The van der Waals surface area contributed by atoms with Crippen LogP contribution in [0.1, 0.15) is 16.7 Å². The highest BCUT2D eigenvalue weighted by Crippen LogP contribution is 2.23. The minimum Gasteiger partial charge on any atom is -0.489 e. The van der Waals surface area contributed by atoms with Gasteiger partial charge in [0.15, 0.2) is 5.71 Å². The molecule has 2 aromatic carbocycles. The third kappa shape index (κ3) is 4.26. The van der Waals surface area contributed by atoms with Crippen LogP contribution in [0.5, 0.6) is 5.75 Å². The Morgan fingerprint density at radius 1 is 1.17 bits per heavy atom. The number of aryl methyl sites for hydroxylation is 1. The molecule has 0 aliphatic rings. The van der Waals surface area contributed by atoms with E-state index in [0.717, 1.165) is 16.9 Å². The van der Waals surface area contributed by atoms with Crippen LogP contribution in [0.2, 0.25) is 5.02 Å². The summed E-state index contributed by atoms with van der Waals surface area (Å²) in [7, 11) is 2.67. The van der Waals surface area contributed by atoms with E-state index >= 15 is 0 Å². The molecule has 0 saturated carbocycles. The maximum absolute atomic E-state index is 11.9. The number of ether oxygens (including phenoxy) is 2. The molecule has 0 saturated heterocycles. The molecule has 0 heterocycles. The lowest BCUT2D eigenvalue weighted by atomic mass is 10.0. The van der Waals surface area contributed by atoms with Crippen molar-refractivity contribution in [2.24, 2.45) is 5.16 Å². The van der Waals surface area contributed by atoms with Gasteiger partial charge in [0, 0.05) is 10.6 Å². The zero-order valence-corrected chi connectivity index (χ0v) is 14.5. The van der Waals surface area contributed by atoms with Gasteiger partial charge in [-0.2, -0.15) is 0 Å². The summed E-state index contributed by atoms with van der Waals surface area (Å²) in [5.74, 6) is 0.143. The molecular weight excluding hydrogens is 330 g/mol. The van der Waals surface area contributed by atoms with Crippen LogP contribution in [0.15, 0.2) is 47.6 Å². The first-order chi connectivity index (χ1) is 11.6. The van der Waals surface area contributed by atoms with E-state index < -0.39 is 5.97 Å². The zero-order valence-electron chi connectivity index (χ0n) is 13.7. The molecule has 126 valence electrons. The van der Waals surface area contributed by atoms with Crippen LogP contribution < -0.4 is 4.74 Å². The molecular formula is C18H18ClNO4. The molecule has 0 atom stereocenters. The molecule has 0 aliphatic carbocycles. The Morgan fingerprint density at radius 3 is 2.58 bits per heavy atom. The van der Waals surface area contributed by atoms with Crippen LogP contribution in [0, 0.1) is 6.92 Å². The number of carbonyl (C=O) groups is 1. The fraction of sp³-hybridized carbons (Fsp3) is 0.222. The normalized spacial score (nSPS) is 11.1. The van der Waals surface area contributed by atoms with E-state index in [9.17, 15) is 4.79 Å². The van der Waals surface area contributed by atoms with Gasteiger partial charge < -0.3 is 14.3 Å². The minimum absolute atomic E-state index is 0.0898. The molecule has 0 aliphatic heterocycles. The lowest BCUT2D eigenvalue weighted by Gasteiger charge is -2.13. The van der Waals surface area contributed by atoms with E-state index in [1.165, 1.54) is 14.2 Å². The minimum atomic E-state index is -0.577. The number of hydrogen-bond acceptors (Lipinski definition) is 5. The Hall–Kier alpha value is -2.53. The summed E-state index contributed by atoms with van der Waals surface area (Å²) in [5, 5.41) is 4.43. The quantitative estimate of drug-likeness (QED) is 0.453. The molecule has 5 nitrogen and oxygen atoms in total. The highest BCUT2D eigenvalue weighted by atomic mass is 35.5. The highest BCUT2D eigenvalue weighted by Gasteiger charge is 2.19. The molecule has 0 radical (unpaired) electrons. The van der Waals surface area contributed by atoms with Crippen molar-refractivity contribution in [2.45, 2.75) is 13.5 Å². The summed E-state index contributed by atoms with van der Waals surface area (Å²) in [6.45, 7) is 2.18. The van der Waals surface area contributed by atoms with E-state index in [-0.39, 0.29) is 12.3 Å². The van der Waals surface area contributed by atoms with Crippen molar-refractivity contribution in [3.63, 3.8) is 0 Å². The van der Waals surface area contributed by atoms with Crippen molar-refractivity contribution in [1.29, 1.82) is 0 Å². The average molecular weight is 348 g/mol. The van der Waals surface area contributed by atoms with Crippen molar-refractivity contribution in [3.05, 3.63) is 64.2 Å². The second-order valence-electron chi connectivity index (χ2n) is 4.97. The van der Waals surface area contributed by atoms with Gasteiger partial charge in [0.05, 0.1) is 7.11 Å². The van der Waals surface area contributed by atoms with Gasteiger partial charge in [-0.3, -0.25) is 0 Å². The van der Waals surface area contributed by atoms with E-state index in [4.69, 9.17) is 25.9 Å². The first-order valence-corrected chi connectivity index (χ1v) is 7.61. The molecule has 0 spiro atoms. The lowest BCUT2D eigenvalue weighted by molar-refractivity contribution is -0.132. The number of halogens is 1. The van der Waals surface area contributed by atoms with Gasteiger partial charge in [-0.05, 0) is 36.2 Å². The third-order valence-electron chi connectivity index (χ3n) is 3.35. The number of nitrogens with zero attached hydrogens (tertiary/aromatic N) is 1. The second kappa shape index (κ2) is 8.36. The molecule has 2 aromatic rings. The van der Waals surface area contributed by atoms with Gasteiger partial charge >= 0.3 is 5.97 Å². The van der Waals surface area contributed by atoms with Gasteiger partial charge in [0.1, 0.15) is 19.5 Å². The number of benzene rings is 2. The van der Waals surface area contributed by atoms with Crippen LogP contribution in [0.3, 0.4) is 0 Å². The Bertz CT molecular complexity index is 758. The summed E-state index contributed by atoms with van der Waals surface area (Å²) < 4.78 is 10.6. The summed E-state index contributed by atoms with van der Waals surface area (Å²) in [5.41, 5.74) is 2.40. The predicted octanol–water partition coefficient (Wildman–Crippen LogP) is 3.75. The topological polar surface area (TPSA) is 57.1 Å². The third-order valence-corrected chi connectivity index (χ3v) is 3.59. The van der Waals surface area contributed by atoms with Crippen LogP contribution in [0.4, 0.5) is 0 Å². The van der Waals surface area contributed by atoms with Gasteiger partial charge in [-0.1, -0.05) is 41.0 Å². The van der Waals surface area contributed by atoms with Gasteiger partial charge in [-0.15, -0.1) is 0 Å². The zero-order chi connectivity index (χ0) is 17.5. The molecule has 0 aromatic heterocycles. The lowest BCUT2D eigenvalue weighted by Crippen LogP contribution is -2.19. The molecule has 24 heavy (non-hydrogen) atoms.